The van der Waals surface area contributed by atoms with Crippen molar-refractivity contribution in [1.82, 2.24) is 9.55 Å². The van der Waals surface area contributed by atoms with E-state index in [0.29, 0.717) is 29.8 Å². The number of ether oxygens (including phenoxy) is 1. The van der Waals surface area contributed by atoms with Crippen LogP contribution >= 0.6 is 0 Å². The average molecular weight is 406 g/mol. The molecular weight excluding hydrogens is 387 g/mol. The third-order valence-electron chi connectivity index (χ3n) is 5.06. The van der Waals surface area contributed by atoms with Gasteiger partial charge >= 0.3 is 0 Å². The second kappa shape index (κ2) is 5.92. The van der Waals surface area contributed by atoms with E-state index in [9.17, 15) is 23.0 Å². The molecule has 0 saturated carbocycles. The second-order valence-electron chi connectivity index (χ2n) is 7.44. The first-order valence-corrected chi connectivity index (χ1v) is 10.4. The Labute approximate surface area is 160 Å². The minimum atomic E-state index is -3.45. The van der Waals surface area contributed by atoms with Gasteiger partial charge in [0.1, 0.15) is 5.82 Å². The van der Waals surface area contributed by atoms with Crippen LogP contribution in [0.15, 0.2) is 29.2 Å². The van der Waals surface area contributed by atoms with Gasteiger partial charge in [-0.15, -0.1) is 0 Å². The van der Waals surface area contributed by atoms with Crippen molar-refractivity contribution in [2.24, 2.45) is 0 Å². The summed E-state index contributed by atoms with van der Waals surface area (Å²) in [5, 5.41) is 19.8. The monoisotopic (exact) mass is 406 g/mol. The van der Waals surface area contributed by atoms with Crippen molar-refractivity contribution in [3.8, 4) is 22.9 Å². The van der Waals surface area contributed by atoms with E-state index in [4.69, 9.17) is 4.74 Å². The highest BCUT2D eigenvalue weighted by Gasteiger charge is 2.39. The Bertz CT molecular complexity index is 1230. The number of imidazole rings is 1. The van der Waals surface area contributed by atoms with Crippen LogP contribution in [-0.2, 0) is 20.1 Å². The Kier molecular flexibility index (Phi) is 3.95. The molecule has 28 heavy (non-hydrogen) atoms. The summed E-state index contributed by atoms with van der Waals surface area (Å²) >= 11 is 0. The highest BCUT2D eigenvalue weighted by molar-refractivity contribution is 7.90. The fourth-order valence-electron chi connectivity index (χ4n) is 3.47. The molecule has 1 fully saturated rings. The second-order valence-corrected chi connectivity index (χ2v) is 9.45. The predicted octanol–water partition coefficient (Wildman–Crippen LogP) is 2.71. The van der Waals surface area contributed by atoms with Crippen LogP contribution < -0.4 is 0 Å². The molecule has 0 amide bonds. The first-order chi connectivity index (χ1) is 13.0. The van der Waals surface area contributed by atoms with E-state index < -0.39 is 32.7 Å². The maximum absolute atomic E-state index is 14.8. The number of fused-ring (bicyclic) bond motifs is 1. The van der Waals surface area contributed by atoms with E-state index in [-0.39, 0.29) is 16.3 Å². The van der Waals surface area contributed by atoms with Gasteiger partial charge in [-0.3, -0.25) is 0 Å². The summed E-state index contributed by atoms with van der Waals surface area (Å²) in [4.78, 5) is 4.63. The molecular formula is C19H19FN2O5S. The molecule has 9 heteroatoms. The molecule has 0 radical (unpaired) electrons. The highest BCUT2D eigenvalue weighted by atomic mass is 32.2. The molecule has 0 bridgehead atoms. The number of aromatic hydroxyl groups is 2. The zero-order chi connectivity index (χ0) is 20.4. The van der Waals surface area contributed by atoms with Crippen LogP contribution in [0.5, 0.6) is 11.5 Å². The van der Waals surface area contributed by atoms with Crippen LogP contribution in [0.1, 0.15) is 12.5 Å². The van der Waals surface area contributed by atoms with E-state index in [0.717, 1.165) is 6.26 Å². The van der Waals surface area contributed by atoms with E-state index in [2.05, 4.69) is 4.98 Å². The summed E-state index contributed by atoms with van der Waals surface area (Å²) in [7, 11) is -3.45. The largest absolute Gasteiger partial charge is 0.504 e. The maximum atomic E-state index is 14.8. The fourth-order valence-corrected chi connectivity index (χ4v) is 4.11. The lowest BCUT2D eigenvalue weighted by molar-refractivity contribution is -0.0868. The highest BCUT2D eigenvalue weighted by Crippen LogP contribution is 2.41. The standard InChI is InChI=1S/C19H19FN2O5S/c1-10-6-12(15(20)17(24)16(10)23)18-21-13-5-4-11(28(3,25)26)7-14(13)22(18)19(2)8-27-9-19/h4-7,23-24H,8-9H2,1-3H3. The van der Waals surface area contributed by atoms with Crippen molar-refractivity contribution in [2.45, 2.75) is 24.3 Å². The molecule has 1 aliphatic heterocycles. The topological polar surface area (TPSA) is 102 Å². The molecule has 3 aromatic rings. The van der Waals surface area contributed by atoms with Crippen LogP contribution in [0.25, 0.3) is 22.4 Å². The maximum Gasteiger partial charge on any atom is 0.195 e. The molecule has 7 nitrogen and oxygen atoms in total. The van der Waals surface area contributed by atoms with Crippen LogP contribution in [0.3, 0.4) is 0 Å². The molecule has 1 saturated heterocycles. The Hall–Kier alpha value is -2.65. The van der Waals surface area contributed by atoms with Gasteiger partial charge in [-0.25, -0.2) is 17.8 Å². The SMILES string of the molecule is Cc1cc(-c2nc3ccc(S(C)(=O)=O)cc3n2C2(C)COC2)c(F)c(O)c1O. The summed E-state index contributed by atoms with van der Waals surface area (Å²) in [5.41, 5.74) is 0.750. The number of phenols is 2. The van der Waals surface area contributed by atoms with E-state index >= 15 is 0 Å². The lowest BCUT2D eigenvalue weighted by atomic mass is 9.98. The van der Waals surface area contributed by atoms with E-state index in [1.54, 1.807) is 17.6 Å². The lowest BCUT2D eigenvalue weighted by Crippen LogP contribution is -2.49. The quantitative estimate of drug-likeness (QED) is 0.649. The molecule has 0 atom stereocenters. The summed E-state index contributed by atoms with van der Waals surface area (Å²) in [6, 6.07) is 5.94. The number of rotatable bonds is 3. The Balaban J connectivity index is 2.09. The minimum Gasteiger partial charge on any atom is -0.504 e. The number of benzene rings is 2. The fraction of sp³-hybridized carbons (Fsp3) is 0.316. The van der Waals surface area contributed by atoms with Crippen molar-refractivity contribution in [2.75, 3.05) is 19.5 Å². The molecule has 2 N–H and O–H groups in total. The normalized spacial score (nSPS) is 16.3. The zero-order valence-corrected chi connectivity index (χ0v) is 16.3. The number of hydrogen-bond acceptors (Lipinski definition) is 6. The molecule has 1 aromatic heterocycles. The molecule has 148 valence electrons. The van der Waals surface area contributed by atoms with Crippen molar-refractivity contribution in [3.05, 3.63) is 35.6 Å². The molecule has 4 rings (SSSR count). The molecule has 2 aromatic carbocycles. The van der Waals surface area contributed by atoms with Crippen molar-refractivity contribution >= 4 is 20.9 Å². The summed E-state index contributed by atoms with van der Waals surface area (Å²) < 4.78 is 45.9. The number of nitrogens with zero attached hydrogens (tertiary/aromatic N) is 2. The van der Waals surface area contributed by atoms with Crippen LogP contribution in [-0.4, -0.2) is 47.7 Å². The number of aryl methyl sites for hydroxylation is 1. The number of aromatic nitrogens is 2. The van der Waals surface area contributed by atoms with Gasteiger partial charge in [0.25, 0.3) is 0 Å². The minimum absolute atomic E-state index is 0.0121. The Morgan fingerprint density at radius 1 is 1.21 bits per heavy atom. The van der Waals surface area contributed by atoms with Gasteiger partial charge < -0.3 is 19.5 Å². The first-order valence-electron chi connectivity index (χ1n) is 8.55. The number of halogens is 1. The molecule has 1 aliphatic rings. The van der Waals surface area contributed by atoms with Gasteiger partial charge in [-0.1, -0.05) is 0 Å². The number of hydrogen-bond donors (Lipinski definition) is 2. The van der Waals surface area contributed by atoms with Crippen LogP contribution in [0.2, 0.25) is 0 Å². The molecule has 2 heterocycles. The lowest BCUT2D eigenvalue weighted by Gasteiger charge is -2.40. The molecule has 0 unspecified atom stereocenters. The average Bonchev–Trinajstić information content (AvgIpc) is 2.99. The third-order valence-corrected chi connectivity index (χ3v) is 6.17. The van der Waals surface area contributed by atoms with Gasteiger partial charge in [-0.05, 0) is 43.7 Å². The molecule has 0 spiro atoms. The van der Waals surface area contributed by atoms with E-state index in [1.165, 1.54) is 18.2 Å². The predicted molar refractivity (Wildman–Crippen MR) is 101 cm³/mol. The summed E-state index contributed by atoms with van der Waals surface area (Å²) in [5.74, 6) is -2.14. The molecule has 0 aliphatic carbocycles. The van der Waals surface area contributed by atoms with Crippen molar-refractivity contribution < 1.29 is 27.8 Å². The van der Waals surface area contributed by atoms with Crippen LogP contribution in [0, 0.1) is 12.7 Å². The third kappa shape index (κ3) is 2.65. The van der Waals surface area contributed by atoms with Gasteiger partial charge in [0.05, 0.1) is 40.2 Å². The Morgan fingerprint density at radius 3 is 2.46 bits per heavy atom. The number of phenolic OH excluding ortho intramolecular Hbond substituents is 2. The van der Waals surface area contributed by atoms with Crippen LogP contribution in [0.4, 0.5) is 4.39 Å². The van der Waals surface area contributed by atoms with E-state index in [1.807, 2.05) is 6.92 Å². The smallest absolute Gasteiger partial charge is 0.195 e. The zero-order valence-electron chi connectivity index (χ0n) is 15.5. The first kappa shape index (κ1) is 18.7. The van der Waals surface area contributed by atoms with Gasteiger partial charge in [0, 0.05) is 6.26 Å². The summed E-state index contributed by atoms with van der Waals surface area (Å²) in [6.45, 7) is 4.14. The van der Waals surface area contributed by atoms with Gasteiger partial charge in [-0.2, -0.15) is 0 Å². The summed E-state index contributed by atoms with van der Waals surface area (Å²) in [6.07, 6.45) is 1.12. The van der Waals surface area contributed by atoms with Gasteiger partial charge in [0.15, 0.2) is 27.2 Å². The number of sulfone groups is 1. The van der Waals surface area contributed by atoms with Gasteiger partial charge in [0.2, 0.25) is 0 Å². The van der Waals surface area contributed by atoms with Crippen molar-refractivity contribution in [1.29, 1.82) is 0 Å². The Morgan fingerprint density at radius 2 is 1.89 bits per heavy atom. The van der Waals surface area contributed by atoms with Crippen molar-refractivity contribution in [3.63, 3.8) is 0 Å².